The first-order chi connectivity index (χ1) is 17.6. The monoisotopic (exact) mass is 534 g/mol. The zero-order valence-electron chi connectivity index (χ0n) is 23.8. The number of Topliss-reactive ketones (excluding diaryl/α,β-unsaturated/α-hetero) is 1. The van der Waals surface area contributed by atoms with E-state index in [9.17, 15) is 29.1 Å². The number of amides is 4. The predicted molar refractivity (Wildman–Crippen MR) is 142 cm³/mol. The van der Waals surface area contributed by atoms with Crippen LogP contribution in [0.25, 0.3) is 0 Å². The Morgan fingerprint density at radius 1 is 0.974 bits per heavy atom. The Morgan fingerprint density at radius 3 is 2.18 bits per heavy atom. The molecule has 5 atom stereocenters. The number of rotatable bonds is 11. The highest BCUT2D eigenvalue weighted by Gasteiger charge is 2.53. The number of hydrogen-bond acceptors (Lipinski definition) is 5. The topological polar surface area (TPSA) is 145 Å². The lowest BCUT2D eigenvalue weighted by Crippen LogP contribution is -2.60. The molecule has 2 saturated carbocycles. The van der Waals surface area contributed by atoms with Crippen LogP contribution in [0.2, 0.25) is 0 Å². The lowest BCUT2D eigenvalue weighted by Gasteiger charge is -2.40. The Balaban J connectivity index is 1.85. The molecule has 1 saturated heterocycles. The molecule has 3 fully saturated rings. The van der Waals surface area contributed by atoms with E-state index in [0.29, 0.717) is 25.8 Å². The molecule has 3 aliphatic rings. The Kier molecular flexibility index (Phi) is 9.14. The van der Waals surface area contributed by atoms with Gasteiger partial charge < -0.3 is 26.0 Å². The third kappa shape index (κ3) is 7.26. The number of fused-ring (bicyclic) bond motifs is 1. The van der Waals surface area contributed by atoms with Crippen LogP contribution in [0.1, 0.15) is 92.9 Å². The average molecular weight is 535 g/mol. The van der Waals surface area contributed by atoms with Crippen LogP contribution >= 0.6 is 0 Å². The molecule has 0 radical (unpaired) electrons. The summed E-state index contributed by atoms with van der Waals surface area (Å²) in [6.45, 7) is 12.1. The minimum absolute atomic E-state index is 0.0294. The van der Waals surface area contributed by atoms with Gasteiger partial charge in [-0.15, -0.1) is 0 Å². The molecular weight excluding hydrogens is 488 g/mol. The van der Waals surface area contributed by atoms with E-state index < -0.39 is 53.1 Å². The van der Waals surface area contributed by atoms with Gasteiger partial charge in [0.2, 0.25) is 17.6 Å². The lowest BCUT2D eigenvalue weighted by molar-refractivity contribution is -0.145. The maximum atomic E-state index is 14.0. The fraction of sp³-hybridized carbons (Fsp3) is 0.821. The lowest BCUT2D eigenvalue weighted by atomic mass is 9.71. The molecule has 0 aromatic rings. The third-order valence-electron chi connectivity index (χ3n) is 8.07. The Bertz CT molecular complexity index is 938. The van der Waals surface area contributed by atoms with E-state index in [2.05, 4.69) is 16.0 Å². The molecular formula is C28H46N4O6. The van der Waals surface area contributed by atoms with Gasteiger partial charge in [-0.3, -0.25) is 19.2 Å². The van der Waals surface area contributed by atoms with Crippen molar-refractivity contribution < 1.29 is 29.1 Å². The van der Waals surface area contributed by atoms with Crippen molar-refractivity contribution in [2.45, 2.75) is 117 Å². The molecule has 10 nitrogen and oxygen atoms in total. The number of likely N-dealkylation sites (tertiary alicyclic amines) is 1. The first-order valence-electron chi connectivity index (χ1n) is 14.1. The van der Waals surface area contributed by atoms with Crippen LogP contribution in [0, 0.1) is 22.7 Å². The normalized spacial score (nSPS) is 24.8. The van der Waals surface area contributed by atoms with Gasteiger partial charge in [0, 0.05) is 12.6 Å². The highest BCUT2D eigenvalue weighted by atomic mass is 16.4. The number of nitrogens with one attached hydrogen (secondary N) is 3. The minimum atomic E-state index is -1.29. The molecule has 2 aliphatic carbocycles. The number of carbonyl (C=O) groups is 5. The fourth-order valence-electron chi connectivity index (χ4n) is 6.67. The molecule has 10 heteroatoms. The number of nitrogens with zero attached hydrogens (tertiary/aromatic N) is 1. The second-order valence-corrected chi connectivity index (χ2v) is 13.4. The van der Waals surface area contributed by atoms with Gasteiger partial charge in [-0.2, -0.15) is 0 Å². The van der Waals surface area contributed by atoms with Crippen LogP contribution in [0.4, 0.5) is 4.79 Å². The molecule has 4 amide bonds. The SMILES string of the molecule is CCCC(NC(=O)C1C2CCCC2CN1C(=O)[C@@H](NC(=O)O)C(C)(C)CC(C)(C)C)C(=O)C(=O)NC1CC1. The first-order valence-corrected chi connectivity index (χ1v) is 14.1. The zero-order chi connectivity index (χ0) is 28.4. The summed E-state index contributed by atoms with van der Waals surface area (Å²) >= 11 is 0. The molecule has 0 spiro atoms. The smallest absolute Gasteiger partial charge is 0.405 e. The summed E-state index contributed by atoms with van der Waals surface area (Å²) in [5.41, 5.74) is -0.872. The Morgan fingerprint density at radius 2 is 1.63 bits per heavy atom. The van der Waals surface area contributed by atoms with E-state index in [1.165, 1.54) is 4.90 Å². The van der Waals surface area contributed by atoms with E-state index in [0.717, 1.165) is 32.1 Å². The summed E-state index contributed by atoms with van der Waals surface area (Å²) < 4.78 is 0. The van der Waals surface area contributed by atoms with Crippen LogP contribution < -0.4 is 16.0 Å². The van der Waals surface area contributed by atoms with Crippen molar-refractivity contribution in [3.63, 3.8) is 0 Å². The van der Waals surface area contributed by atoms with E-state index in [1.807, 2.05) is 41.5 Å². The third-order valence-corrected chi connectivity index (χ3v) is 8.07. The van der Waals surface area contributed by atoms with Crippen LogP contribution in [0.3, 0.4) is 0 Å². The van der Waals surface area contributed by atoms with Gasteiger partial charge in [-0.25, -0.2) is 4.79 Å². The highest BCUT2D eigenvalue weighted by Crippen LogP contribution is 2.44. The standard InChI is InChI=1S/C28H46N4O6/c1-7-9-19(21(33)24(35)29-17-12-13-17)30-23(34)20-18-11-8-10-16(18)14-32(20)25(36)22(31-26(37)38)28(5,6)15-27(2,3)4/h16-20,22,31H,7-15H2,1-6H3,(H,29,35)(H,30,34)(H,37,38)/t16?,18?,19?,20?,22-/m1/s1. The molecule has 0 aromatic heterocycles. The second-order valence-electron chi connectivity index (χ2n) is 13.4. The molecule has 4 unspecified atom stereocenters. The molecule has 0 bridgehead atoms. The molecule has 4 N–H and O–H groups in total. The molecule has 1 aliphatic heterocycles. The van der Waals surface area contributed by atoms with E-state index in [4.69, 9.17) is 0 Å². The maximum Gasteiger partial charge on any atom is 0.405 e. The Labute approximate surface area is 226 Å². The van der Waals surface area contributed by atoms with Crippen LogP contribution in [0.15, 0.2) is 0 Å². The fourth-order valence-corrected chi connectivity index (χ4v) is 6.67. The summed E-state index contributed by atoms with van der Waals surface area (Å²) in [4.78, 5) is 66.4. The molecule has 1 heterocycles. The summed E-state index contributed by atoms with van der Waals surface area (Å²) in [6, 6.07) is -2.78. The zero-order valence-corrected chi connectivity index (χ0v) is 23.8. The Hall–Kier alpha value is -2.65. The molecule has 0 aromatic carbocycles. The number of ketones is 1. The van der Waals surface area contributed by atoms with Gasteiger partial charge in [0.15, 0.2) is 0 Å². The van der Waals surface area contributed by atoms with Crippen LogP contribution in [0.5, 0.6) is 0 Å². The van der Waals surface area contributed by atoms with Crippen molar-refractivity contribution in [1.82, 2.24) is 20.9 Å². The summed E-state index contributed by atoms with van der Waals surface area (Å²) in [6.07, 6.45) is 4.53. The van der Waals surface area contributed by atoms with Crippen LogP contribution in [-0.2, 0) is 19.2 Å². The van der Waals surface area contributed by atoms with Crippen LogP contribution in [-0.4, -0.2) is 70.3 Å². The van der Waals surface area contributed by atoms with E-state index in [-0.39, 0.29) is 23.3 Å². The quantitative estimate of drug-likeness (QED) is 0.300. The molecule has 214 valence electrons. The number of hydrogen-bond donors (Lipinski definition) is 4. The molecule has 3 rings (SSSR count). The average Bonchev–Trinajstić information content (AvgIpc) is 3.35. The highest BCUT2D eigenvalue weighted by molar-refractivity contribution is 6.38. The summed E-state index contributed by atoms with van der Waals surface area (Å²) in [5, 5.41) is 17.6. The van der Waals surface area contributed by atoms with Gasteiger partial charge in [-0.1, -0.05) is 54.4 Å². The number of carbonyl (C=O) groups excluding carboxylic acids is 4. The first kappa shape index (κ1) is 29.9. The minimum Gasteiger partial charge on any atom is -0.465 e. The van der Waals surface area contributed by atoms with Gasteiger partial charge >= 0.3 is 6.09 Å². The van der Waals surface area contributed by atoms with Crippen molar-refractivity contribution in [3.8, 4) is 0 Å². The predicted octanol–water partition coefficient (Wildman–Crippen LogP) is 2.84. The van der Waals surface area contributed by atoms with Crippen molar-refractivity contribution in [2.75, 3.05) is 6.54 Å². The van der Waals surface area contributed by atoms with Gasteiger partial charge in [0.05, 0.1) is 6.04 Å². The largest absolute Gasteiger partial charge is 0.465 e. The summed E-state index contributed by atoms with van der Waals surface area (Å²) in [7, 11) is 0. The maximum absolute atomic E-state index is 14.0. The van der Waals surface area contributed by atoms with Crippen molar-refractivity contribution in [2.24, 2.45) is 22.7 Å². The summed E-state index contributed by atoms with van der Waals surface area (Å²) in [5.74, 6) is -2.12. The van der Waals surface area contributed by atoms with Gasteiger partial charge in [-0.05, 0) is 61.2 Å². The van der Waals surface area contributed by atoms with Gasteiger partial charge in [0.25, 0.3) is 5.91 Å². The number of carboxylic acid groups (broad SMARTS) is 1. The molecule has 38 heavy (non-hydrogen) atoms. The van der Waals surface area contributed by atoms with Gasteiger partial charge in [0.1, 0.15) is 12.1 Å². The van der Waals surface area contributed by atoms with E-state index >= 15 is 0 Å². The van der Waals surface area contributed by atoms with Crippen molar-refractivity contribution in [3.05, 3.63) is 0 Å². The van der Waals surface area contributed by atoms with Crippen molar-refractivity contribution >= 4 is 29.6 Å². The van der Waals surface area contributed by atoms with E-state index in [1.54, 1.807) is 0 Å². The second kappa shape index (κ2) is 11.6. The van der Waals surface area contributed by atoms with Crippen molar-refractivity contribution in [1.29, 1.82) is 0 Å².